The molecule has 0 saturated heterocycles. The van der Waals surface area contributed by atoms with Gasteiger partial charge in [-0.05, 0) is 39.2 Å². The lowest BCUT2D eigenvalue weighted by molar-refractivity contribution is 0.405. The average Bonchev–Trinajstić information content (AvgIpc) is 2.26. The second-order valence-corrected chi connectivity index (χ2v) is 3.93. The fourth-order valence-electron chi connectivity index (χ4n) is 1.39. The Morgan fingerprint density at radius 1 is 1.38 bits per heavy atom. The number of hydrogen-bond acceptors (Lipinski definition) is 3. The van der Waals surface area contributed by atoms with Gasteiger partial charge in [0.1, 0.15) is 11.6 Å². The first kappa shape index (κ1) is 12.8. The van der Waals surface area contributed by atoms with Gasteiger partial charge < -0.3 is 15.0 Å². The lowest BCUT2D eigenvalue weighted by Gasteiger charge is -2.11. The molecule has 0 aromatic heterocycles. The monoisotopic (exact) mass is 226 g/mol. The normalized spacial score (nSPS) is 10.6. The van der Waals surface area contributed by atoms with Crippen LogP contribution in [0.4, 0.5) is 10.1 Å². The Morgan fingerprint density at radius 3 is 2.75 bits per heavy atom. The molecule has 3 nitrogen and oxygen atoms in total. The first-order valence-electron chi connectivity index (χ1n) is 5.35. The zero-order valence-electron chi connectivity index (χ0n) is 10.1. The summed E-state index contributed by atoms with van der Waals surface area (Å²) in [5.41, 5.74) is 0.498. The molecule has 0 radical (unpaired) electrons. The van der Waals surface area contributed by atoms with E-state index in [4.69, 9.17) is 4.74 Å². The van der Waals surface area contributed by atoms with Gasteiger partial charge in [0.25, 0.3) is 0 Å². The van der Waals surface area contributed by atoms with E-state index in [0.717, 1.165) is 19.5 Å². The summed E-state index contributed by atoms with van der Waals surface area (Å²) in [5, 5.41) is 3.06. The number of rotatable bonds is 6. The number of hydrogen-bond donors (Lipinski definition) is 1. The summed E-state index contributed by atoms with van der Waals surface area (Å²) in [6, 6.07) is 4.69. The molecule has 0 aliphatic rings. The Kier molecular flexibility index (Phi) is 5.05. The van der Waals surface area contributed by atoms with Crippen LogP contribution in [0.2, 0.25) is 0 Å². The van der Waals surface area contributed by atoms with Crippen LogP contribution < -0.4 is 10.1 Å². The summed E-state index contributed by atoms with van der Waals surface area (Å²) < 4.78 is 18.4. The lowest BCUT2D eigenvalue weighted by Crippen LogP contribution is -2.16. The zero-order chi connectivity index (χ0) is 12.0. The van der Waals surface area contributed by atoms with Crippen molar-refractivity contribution in [2.24, 2.45) is 0 Å². The van der Waals surface area contributed by atoms with Gasteiger partial charge in [-0.3, -0.25) is 0 Å². The maximum Gasteiger partial charge on any atom is 0.146 e. The molecule has 0 aliphatic carbocycles. The summed E-state index contributed by atoms with van der Waals surface area (Å²) in [6.07, 6.45) is 0.976. The van der Waals surface area contributed by atoms with E-state index < -0.39 is 0 Å². The Balaban J connectivity index is 2.46. The van der Waals surface area contributed by atoms with E-state index in [9.17, 15) is 4.39 Å². The minimum Gasteiger partial charge on any atom is -0.497 e. The minimum atomic E-state index is -0.245. The summed E-state index contributed by atoms with van der Waals surface area (Å²) >= 11 is 0. The predicted molar refractivity (Wildman–Crippen MR) is 64.6 cm³/mol. The Labute approximate surface area is 96.2 Å². The zero-order valence-corrected chi connectivity index (χ0v) is 10.1. The van der Waals surface area contributed by atoms with Crippen molar-refractivity contribution < 1.29 is 9.13 Å². The van der Waals surface area contributed by atoms with Crippen molar-refractivity contribution in [2.45, 2.75) is 6.42 Å². The quantitative estimate of drug-likeness (QED) is 0.753. The van der Waals surface area contributed by atoms with Crippen LogP contribution in [0, 0.1) is 5.82 Å². The predicted octanol–water partition coefficient (Wildman–Crippen LogP) is 2.20. The molecule has 0 atom stereocenters. The van der Waals surface area contributed by atoms with Gasteiger partial charge in [0, 0.05) is 12.6 Å². The highest BCUT2D eigenvalue weighted by Gasteiger charge is 2.02. The molecule has 1 rings (SSSR count). The van der Waals surface area contributed by atoms with Gasteiger partial charge in [-0.2, -0.15) is 0 Å². The molecule has 1 N–H and O–H groups in total. The molecule has 0 spiro atoms. The van der Waals surface area contributed by atoms with Crippen LogP contribution in [-0.4, -0.2) is 39.2 Å². The SMILES string of the molecule is COc1ccc(F)c(NCCCN(C)C)c1. The van der Waals surface area contributed by atoms with Gasteiger partial charge in [0.05, 0.1) is 12.8 Å². The fourth-order valence-corrected chi connectivity index (χ4v) is 1.39. The number of ether oxygens (including phenoxy) is 1. The van der Waals surface area contributed by atoms with Crippen molar-refractivity contribution in [1.82, 2.24) is 4.90 Å². The smallest absolute Gasteiger partial charge is 0.146 e. The number of halogens is 1. The summed E-state index contributed by atoms with van der Waals surface area (Å²) in [5.74, 6) is 0.419. The van der Waals surface area contributed by atoms with Gasteiger partial charge in [0.15, 0.2) is 0 Å². The van der Waals surface area contributed by atoms with Crippen molar-refractivity contribution >= 4 is 5.69 Å². The van der Waals surface area contributed by atoms with E-state index in [1.165, 1.54) is 6.07 Å². The van der Waals surface area contributed by atoms with Crippen LogP contribution in [0.15, 0.2) is 18.2 Å². The molecule has 0 bridgehead atoms. The van der Waals surface area contributed by atoms with E-state index >= 15 is 0 Å². The molecule has 0 fully saturated rings. The van der Waals surface area contributed by atoms with E-state index in [2.05, 4.69) is 10.2 Å². The average molecular weight is 226 g/mol. The molecule has 0 saturated carbocycles. The standard InChI is InChI=1S/C12H19FN2O/c1-15(2)8-4-7-14-12-9-10(16-3)5-6-11(12)13/h5-6,9,14H,4,7-8H2,1-3H3. The van der Waals surface area contributed by atoms with E-state index in [1.54, 1.807) is 19.2 Å². The molecule has 1 aromatic carbocycles. The summed E-state index contributed by atoms with van der Waals surface area (Å²) in [7, 11) is 5.61. The third-order valence-corrected chi connectivity index (χ3v) is 2.27. The topological polar surface area (TPSA) is 24.5 Å². The molecule has 90 valence electrons. The Morgan fingerprint density at radius 2 is 2.12 bits per heavy atom. The summed E-state index contributed by atoms with van der Waals surface area (Å²) in [6.45, 7) is 1.74. The molecular weight excluding hydrogens is 207 g/mol. The van der Waals surface area contributed by atoms with Crippen LogP contribution in [-0.2, 0) is 0 Å². The highest BCUT2D eigenvalue weighted by atomic mass is 19.1. The molecular formula is C12H19FN2O. The fraction of sp³-hybridized carbons (Fsp3) is 0.500. The van der Waals surface area contributed by atoms with Gasteiger partial charge in [-0.15, -0.1) is 0 Å². The van der Waals surface area contributed by atoms with Crippen LogP contribution in [0.5, 0.6) is 5.75 Å². The number of anilines is 1. The van der Waals surface area contributed by atoms with Gasteiger partial charge in [-0.1, -0.05) is 0 Å². The first-order chi connectivity index (χ1) is 7.63. The molecule has 16 heavy (non-hydrogen) atoms. The molecule has 0 heterocycles. The molecule has 0 aliphatic heterocycles. The molecule has 0 unspecified atom stereocenters. The number of benzene rings is 1. The largest absolute Gasteiger partial charge is 0.497 e. The van der Waals surface area contributed by atoms with E-state index in [1.807, 2.05) is 14.1 Å². The molecule has 4 heteroatoms. The third kappa shape index (κ3) is 4.06. The van der Waals surface area contributed by atoms with Crippen molar-refractivity contribution in [2.75, 3.05) is 39.6 Å². The van der Waals surface area contributed by atoms with Crippen molar-refractivity contribution in [3.05, 3.63) is 24.0 Å². The van der Waals surface area contributed by atoms with Crippen molar-refractivity contribution in [3.63, 3.8) is 0 Å². The second-order valence-electron chi connectivity index (χ2n) is 3.93. The van der Waals surface area contributed by atoms with Gasteiger partial charge >= 0.3 is 0 Å². The Bertz CT molecular complexity index is 329. The van der Waals surface area contributed by atoms with Crippen molar-refractivity contribution in [3.8, 4) is 5.75 Å². The Hall–Kier alpha value is -1.29. The van der Waals surface area contributed by atoms with Gasteiger partial charge in [0.2, 0.25) is 0 Å². The van der Waals surface area contributed by atoms with Crippen LogP contribution in [0.3, 0.4) is 0 Å². The number of nitrogens with one attached hydrogen (secondary N) is 1. The number of nitrogens with zero attached hydrogens (tertiary/aromatic N) is 1. The highest BCUT2D eigenvalue weighted by molar-refractivity contribution is 5.49. The number of methoxy groups -OCH3 is 1. The highest BCUT2D eigenvalue weighted by Crippen LogP contribution is 2.20. The summed E-state index contributed by atoms with van der Waals surface area (Å²) in [4.78, 5) is 2.10. The first-order valence-corrected chi connectivity index (χ1v) is 5.35. The maximum atomic E-state index is 13.4. The molecule has 0 amide bonds. The van der Waals surface area contributed by atoms with Gasteiger partial charge in [-0.25, -0.2) is 4.39 Å². The second kappa shape index (κ2) is 6.33. The van der Waals surface area contributed by atoms with E-state index in [0.29, 0.717) is 11.4 Å². The molecule has 1 aromatic rings. The lowest BCUT2D eigenvalue weighted by atomic mass is 10.2. The maximum absolute atomic E-state index is 13.4. The third-order valence-electron chi connectivity index (χ3n) is 2.27. The van der Waals surface area contributed by atoms with E-state index in [-0.39, 0.29) is 5.82 Å². The van der Waals surface area contributed by atoms with Crippen LogP contribution in [0.1, 0.15) is 6.42 Å². The van der Waals surface area contributed by atoms with Crippen LogP contribution >= 0.6 is 0 Å². The van der Waals surface area contributed by atoms with Crippen LogP contribution in [0.25, 0.3) is 0 Å². The minimum absolute atomic E-state index is 0.245. The van der Waals surface area contributed by atoms with Crippen molar-refractivity contribution in [1.29, 1.82) is 0 Å².